The van der Waals surface area contributed by atoms with Gasteiger partial charge in [-0.15, -0.1) is 0 Å². The number of rotatable bonds is 8. The van der Waals surface area contributed by atoms with Crippen LogP contribution in [-0.4, -0.2) is 43.5 Å². The molecule has 0 saturated carbocycles. The van der Waals surface area contributed by atoms with Gasteiger partial charge in [0.1, 0.15) is 18.0 Å². The molecule has 0 aliphatic carbocycles. The Kier molecular flexibility index (Phi) is 7.68. The van der Waals surface area contributed by atoms with Gasteiger partial charge >= 0.3 is 0 Å². The molecule has 0 spiro atoms. The Morgan fingerprint density at radius 3 is 2.73 bits per heavy atom. The van der Waals surface area contributed by atoms with Crippen LogP contribution in [0.15, 0.2) is 47.6 Å². The zero-order valence-corrected chi connectivity index (χ0v) is 17.7. The Morgan fingerprint density at radius 1 is 1.17 bits per heavy atom. The molecule has 1 amide bonds. The molecule has 2 aromatic carbocycles. The van der Waals surface area contributed by atoms with E-state index in [1.54, 1.807) is 13.2 Å². The number of amides is 1. The summed E-state index contributed by atoms with van der Waals surface area (Å²) in [6.45, 7) is 5.05. The first kappa shape index (κ1) is 21.6. The largest absolute Gasteiger partial charge is 0.507 e. The molecule has 0 unspecified atom stereocenters. The second kappa shape index (κ2) is 10.6. The fourth-order valence-electron chi connectivity index (χ4n) is 3.62. The minimum Gasteiger partial charge on any atom is -0.507 e. The van der Waals surface area contributed by atoms with E-state index in [0.29, 0.717) is 11.5 Å². The molecule has 1 saturated heterocycles. The molecule has 1 aliphatic rings. The standard InChI is InChI=1S/C23H30N4O3/c1-17(25-26-23(29)15-24-20-7-6-8-21(14-20)30-2)18-9-10-22(28)19(13-18)16-27-11-4-3-5-12-27/h6-10,13-14,24,28H,3-5,11-12,15-16H2,1-2H3,(H,26,29)/p+1/b25-17+. The number of likely N-dealkylation sites (tertiary alicyclic amines) is 1. The Bertz CT molecular complexity index is 892. The molecular weight excluding hydrogens is 380 g/mol. The quantitative estimate of drug-likeness (QED) is 0.395. The third-order valence-corrected chi connectivity index (χ3v) is 5.37. The number of benzene rings is 2. The van der Waals surface area contributed by atoms with Crippen LogP contribution in [-0.2, 0) is 11.3 Å². The van der Waals surface area contributed by atoms with Gasteiger partial charge in [-0.05, 0) is 62.1 Å². The van der Waals surface area contributed by atoms with Crippen molar-refractivity contribution in [2.45, 2.75) is 32.7 Å². The number of ether oxygens (including phenoxy) is 1. The highest BCUT2D eigenvalue weighted by atomic mass is 16.5. The Morgan fingerprint density at radius 2 is 1.97 bits per heavy atom. The number of nitrogens with zero attached hydrogens (tertiary/aromatic N) is 1. The molecule has 1 aliphatic heterocycles. The van der Waals surface area contributed by atoms with Crippen molar-refractivity contribution in [1.29, 1.82) is 0 Å². The molecule has 0 radical (unpaired) electrons. The van der Waals surface area contributed by atoms with Gasteiger partial charge in [-0.25, -0.2) is 5.43 Å². The Labute approximate surface area is 177 Å². The van der Waals surface area contributed by atoms with E-state index >= 15 is 0 Å². The third-order valence-electron chi connectivity index (χ3n) is 5.37. The van der Waals surface area contributed by atoms with E-state index in [0.717, 1.165) is 42.2 Å². The molecule has 0 bridgehead atoms. The molecule has 160 valence electrons. The van der Waals surface area contributed by atoms with Gasteiger partial charge in [0.15, 0.2) is 0 Å². The van der Waals surface area contributed by atoms with E-state index in [-0.39, 0.29) is 12.5 Å². The van der Waals surface area contributed by atoms with Crippen LogP contribution in [0.3, 0.4) is 0 Å². The smallest absolute Gasteiger partial charge is 0.259 e. The summed E-state index contributed by atoms with van der Waals surface area (Å²) < 4.78 is 5.17. The van der Waals surface area contributed by atoms with Crippen LogP contribution in [0.25, 0.3) is 0 Å². The second-order valence-electron chi connectivity index (χ2n) is 7.65. The predicted octanol–water partition coefficient (Wildman–Crippen LogP) is 1.92. The lowest BCUT2D eigenvalue weighted by molar-refractivity contribution is -0.918. The average Bonchev–Trinajstić information content (AvgIpc) is 2.78. The number of quaternary nitrogens is 1. The molecule has 0 atom stereocenters. The van der Waals surface area contributed by atoms with Gasteiger partial charge in [-0.1, -0.05) is 6.07 Å². The minimum atomic E-state index is -0.242. The first-order valence-corrected chi connectivity index (χ1v) is 10.4. The van der Waals surface area contributed by atoms with Crippen molar-refractivity contribution in [3.8, 4) is 11.5 Å². The van der Waals surface area contributed by atoms with Gasteiger partial charge in [0.25, 0.3) is 5.91 Å². The highest BCUT2D eigenvalue weighted by Gasteiger charge is 2.16. The van der Waals surface area contributed by atoms with E-state index in [1.165, 1.54) is 24.2 Å². The molecular formula is C23H31N4O3+. The number of hydrazone groups is 1. The summed E-state index contributed by atoms with van der Waals surface area (Å²) in [4.78, 5) is 13.6. The first-order chi connectivity index (χ1) is 14.5. The van der Waals surface area contributed by atoms with Gasteiger partial charge in [0.05, 0.1) is 32.5 Å². The van der Waals surface area contributed by atoms with Crippen LogP contribution in [0, 0.1) is 0 Å². The summed E-state index contributed by atoms with van der Waals surface area (Å²) in [6.07, 6.45) is 3.78. The summed E-state index contributed by atoms with van der Waals surface area (Å²) in [7, 11) is 1.60. The second-order valence-corrected chi connectivity index (χ2v) is 7.65. The van der Waals surface area contributed by atoms with E-state index in [2.05, 4.69) is 15.8 Å². The number of carbonyl (C=O) groups excluding carboxylic acids is 1. The lowest BCUT2D eigenvalue weighted by Crippen LogP contribution is -3.11. The van der Waals surface area contributed by atoms with Gasteiger partial charge in [0, 0.05) is 17.3 Å². The van der Waals surface area contributed by atoms with Crippen molar-refractivity contribution in [2.24, 2.45) is 5.10 Å². The fourth-order valence-corrected chi connectivity index (χ4v) is 3.62. The summed E-state index contributed by atoms with van der Waals surface area (Å²) in [5, 5.41) is 17.5. The van der Waals surface area contributed by atoms with Crippen molar-refractivity contribution in [3.63, 3.8) is 0 Å². The number of aromatic hydroxyl groups is 1. The van der Waals surface area contributed by atoms with Crippen LogP contribution < -0.4 is 20.4 Å². The highest BCUT2D eigenvalue weighted by Crippen LogP contribution is 2.19. The monoisotopic (exact) mass is 411 g/mol. The lowest BCUT2D eigenvalue weighted by Gasteiger charge is -2.24. The third kappa shape index (κ3) is 6.22. The molecule has 7 nitrogen and oxygen atoms in total. The molecule has 0 aromatic heterocycles. The summed E-state index contributed by atoms with van der Waals surface area (Å²) in [5.41, 5.74) is 5.89. The summed E-state index contributed by atoms with van der Waals surface area (Å²) in [6, 6.07) is 12.9. The number of carbonyl (C=O) groups is 1. The zero-order chi connectivity index (χ0) is 21.3. The number of hydrogen-bond acceptors (Lipinski definition) is 5. The maximum Gasteiger partial charge on any atom is 0.259 e. The molecule has 30 heavy (non-hydrogen) atoms. The van der Waals surface area contributed by atoms with Crippen LogP contribution in [0.4, 0.5) is 5.69 Å². The van der Waals surface area contributed by atoms with Crippen LogP contribution in [0.2, 0.25) is 0 Å². The normalized spacial score (nSPS) is 14.9. The number of phenols is 1. The van der Waals surface area contributed by atoms with Crippen LogP contribution >= 0.6 is 0 Å². The van der Waals surface area contributed by atoms with Gasteiger partial charge < -0.3 is 20.1 Å². The molecule has 1 fully saturated rings. The zero-order valence-electron chi connectivity index (χ0n) is 17.7. The highest BCUT2D eigenvalue weighted by molar-refractivity contribution is 5.99. The van der Waals surface area contributed by atoms with E-state index < -0.39 is 0 Å². The number of phenolic OH excluding ortho intramolecular Hbond substituents is 1. The molecule has 7 heteroatoms. The first-order valence-electron chi connectivity index (χ1n) is 10.4. The van der Waals surface area contributed by atoms with Gasteiger partial charge in [0.2, 0.25) is 0 Å². The van der Waals surface area contributed by atoms with Crippen LogP contribution in [0.1, 0.15) is 37.3 Å². The number of methoxy groups -OCH3 is 1. The van der Waals surface area contributed by atoms with Gasteiger partial charge in [-0.2, -0.15) is 5.10 Å². The van der Waals surface area contributed by atoms with E-state index in [4.69, 9.17) is 4.74 Å². The average molecular weight is 412 g/mol. The molecule has 4 N–H and O–H groups in total. The molecule has 1 heterocycles. The SMILES string of the molecule is COc1cccc(NCC(=O)N/N=C(\C)c2ccc(O)c(C[NH+]3CCCCC3)c2)c1. The fraction of sp³-hybridized carbons (Fsp3) is 0.391. The van der Waals surface area contributed by atoms with Crippen molar-refractivity contribution in [1.82, 2.24) is 5.43 Å². The van der Waals surface area contributed by atoms with E-state index in [1.807, 2.05) is 43.3 Å². The van der Waals surface area contributed by atoms with Crippen molar-refractivity contribution in [2.75, 3.05) is 32.1 Å². The maximum absolute atomic E-state index is 12.1. The maximum atomic E-state index is 12.1. The number of piperidine rings is 1. The topological polar surface area (TPSA) is 87.4 Å². The Balaban J connectivity index is 1.56. The lowest BCUT2D eigenvalue weighted by atomic mass is 10.0. The molecule has 2 aromatic rings. The summed E-state index contributed by atoms with van der Waals surface area (Å²) in [5.74, 6) is 0.800. The number of hydrogen-bond donors (Lipinski definition) is 4. The summed E-state index contributed by atoms with van der Waals surface area (Å²) >= 11 is 0. The van der Waals surface area contributed by atoms with E-state index in [9.17, 15) is 9.90 Å². The predicted molar refractivity (Wildman–Crippen MR) is 118 cm³/mol. The minimum absolute atomic E-state index is 0.100. The number of nitrogens with one attached hydrogen (secondary N) is 3. The van der Waals surface area contributed by atoms with Crippen molar-refractivity contribution < 1.29 is 19.5 Å². The van der Waals surface area contributed by atoms with Crippen molar-refractivity contribution in [3.05, 3.63) is 53.6 Å². The van der Waals surface area contributed by atoms with Crippen molar-refractivity contribution >= 4 is 17.3 Å². The number of anilines is 1. The Hall–Kier alpha value is -3.06. The van der Waals surface area contributed by atoms with Crippen LogP contribution in [0.5, 0.6) is 11.5 Å². The van der Waals surface area contributed by atoms with Gasteiger partial charge in [-0.3, -0.25) is 4.79 Å². The molecule has 3 rings (SSSR count).